The number of allylic oxidation sites excluding steroid dienone is 5. The van der Waals surface area contributed by atoms with Crippen LogP contribution < -0.4 is 41.0 Å². The van der Waals surface area contributed by atoms with E-state index in [9.17, 15) is 63.5 Å². The van der Waals surface area contributed by atoms with Gasteiger partial charge < -0.3 is 74.1 Å². The Hall–Kier alpha value is -12.4. The topological polar surface area (TPSA) is 465 Å². The van der Waals surface area contributed by atoms with Gasteiger partial charge in [0.1, 0.15) is 5.76 Å². The number of aromatic carboxylic acids is 1. The Balaban J connectivity index is 0.000000492. The van der Waals surface area contributed by atoms with Crippen LogP contribution in [0.1, 0.15) is 205 Å². The molecule has 0 saturated carbocycles. The molecule has 646 valence electrons. The molecule has 0 bridgehead atoms. The SMILES string of the molecule is C.C=C(C)B1OC(C)(C)C(C)(C)O1.C=C(C)c1cc(C(=O)Nc2cnn(Cc3cnccc3C(F)(F)F)c2)no1.C=C(C)c1cc(C(=O)O)no1.C=C(C)c1cc(C(=O)OCC)no1.CC(C)c1cc(C(=O)Nc2cnn(Cc3cnccc3C(F)(F)F)c2)no1.CCOC(=O)c1cc(Br)on1.NC=C(N)C=NCc1cnccc1C(F)(F)F.[Li+].[OH-]. The van der Waals surface area contributed by atoms with Crippen LogP contribution in [0.4, 0.5) is 50.9 Å². The Morgan fingerprint density at radius 2 is 0.959 bits per heavy atom. The Bertz CT molecular complexity index is 5120. The van der Waals surface area contributed by atoms with Gasteiger partial charge in [-0.05, 0) is 120 Å². The standard InChI is InChI=1S/C17H16F3N5O2.C17H14F3N5O2.C10H11F3N4.C9H17BO2.C9H11NO3.C7H7NO3.C6H6BrNO3.CH4.Li.H2O/c2*1-10(2)15-5-14(24-27-15)16(26)23-12-7-22-25(9-12)8-11-6-21-4-3-13(11)17(18,19)20;11-10(12,13)9-1-2-16-4-7(9)5-17-6-8(15)3-14;1-7(2)10-11-8(3,4)9(5,6)12-10;1-4-12-9(11)7-5-8(6(2)3)13-10-7;1-4(2)6-3-5(7(9)10)8-11-6;1-2-10-6(9)4-3-5(7)11-8-4;;;/h3-7,9-10H,8H2,1-2H3,(H,23,26);3-7,9H,1,8H2,2H3,(H,23,26);1-4,6H,5,14-15H2;1H2,2-6H3;5H,2,4H2,1,3H3;3H,1H2,2H3,(H,9,10);3H,2H2,1H3;1H4;;1H2/q;;;;;;;;+1;/p-1. The molecule has 11 heterocycles. The molecule has 2 amide bonds. The van der Waals surface area contributed by atoms with Gasteiger partial charge in [-0.1, -0.05) is 72.3 Å². The maximum atomic E-state index is 13.0. The van der Waals surface area contributed by atoms with Crippen molar-refractivity contribution >= 4 is 87.1 Å². The van der Waals surface area contributed by atoms with Gasteiger partial charge in [-0.15, -0.1) is 6.58 Å². The zero-order chi connectivity index (χ0) is 88.2. The van der Waals surface area contributed by atoms with Gasteiger partial charge in [-0.25, -0.2) is 14.4 Å². The molecule has 10 aromatic heterocycles. The number of carbonyl (C=O) groups excluding carboxylic acids is 4. The van der Waals surface area contributed by atoms with E-state index in [1.54, 1.807) is 34.6 Å². The van der Waals surface area contributed by atoms with Crippen molar-refractivity contribution < 1.29 is 134 Å². The second kappa shape index (κ2) is 47.4. The van der Waals surface area contributed by atoms with E-state index in [2.05, 4.69) is 123 Å². The number of carbonyl (C=O) groups is 5. The van der Waals surface area contributed by atoms with Gasteiger partial charge in [0.25, 0.3) is 11.8 Å². The summed E-state index contributed by atoms with van der Waals surface area (Å²) in [6.07, 6.45) is 1.08. The molecule has 8 N–H and O–H groups in total. The molecule has 1 aliphatic heterocycles. The predicted octanol–water partition coefficient (Wildman–Crippen LogP) is 13.3. The fourth-order valence-electron chi connectivity index (χ4n) is 8.75. The molecule has 1 saturated heterocycles. The monoisotopic (exact) mass is 1760 g/mol. The van der Waals surface area contributed by atoms with Crippen molar-refractivity contribution in [2.24, 2.45) is 16.5 Å². The smallest absolute Gasteiger partial charge is 0.870 e. The Morgan fingerprint density at radius 3 is 1.30 bits per heavy atom. The quantitative estimate of drug-likeness (QED) is 0.0193. The third kappa shape index (κ3) is 33.0. The molecule has 0 aromatic carbocycles. The number of amides is 2. The summed E-state index contributed by atoms with van der Waals surface area (Å²) in [6, 6.07) is 10.0. The van der Waals surface area contributed by atoms with Crippen LogP contribution in [0.2, 0.25) is 0 Å². The number of rotatable bonds is 21. The number of halogens is 10. The number of aliphatic imine (C=N–C) groups is 1. The summed E-state index contributed by atoms with van der Waals surface area (Å²) in [5.74, 6) is -1.12. The van der Waals surface area contributed by atoms with E-state index in [0.717, 1.165) is 72.6 Å². The number of ether oxygens (including phenoxy) is 2. The van der Waals surface area contributed by atoms with Gasteiger partial charge in [0, 0.05) is 115 Å². The van der Waals surface area contributed by atoms with Crippen molar-refractivity contribution in [3.63, 3.8) is 0 Å². The van der Waals surface area contributed by atoms with Gasteiger partial charge in [0.2, 0.25) is 4.67 Å². The number of hydrogen-bond acceptors (Lipinski definition) is 28. The summed E-state index contributed by atoms with van der Waals surface area (Å²) in [5, 5.41) is 39.1. The zero-order valence-corrected chi connectivity index (χ0v) is 68.5. The van der Waals surface area contributed by atoms with E-state index >= 15 is 0 Å². The second-order valence-corrected chi connectivity index (χ2v) is 26.8. The van der Waals surface area contributed by atoms with Crippen LogP contribution in [0.25, 0.3) is 16.7 Å². The fourth-order valence-corrected chi connectivity index (χ4v) is 9.04. The van der Waals surface area contributed by atoms with Gasteiger partial charge >= 0.3 is 62.4 Å². The number of alkyl halides is 9. The molecule has 33 nitrogen and oxygen atoms in total. The number of aromatic nitrogens is 12. The number of pyridine rings is 3. The Labute approximate surface area is 708 Å². The Morgan fingerprint density at radius 1 is 0.595 bits per heavy atom. The van der Waals surface area contributed by atoms with Crippen molar-refractivity contribution in [3.05, 3.63) is 244 Å². The normalized spacial score (nSPS) is 12.4. The molecule has 11 rings (SSSR count). The maximum Gasteiger partial charge on any atom is 1.00 e. The molecule has 0 radical (unpaired) electrons. The summed E-state index contributed by atoms with van der Waals surface area (Å²) in [7, 11) is -0.241. The molecule has 45 heteroatoms. The minimum atomic E-state index is -4.49. The molecule has 0 aliphatic carbocycles. The summed E-state index contributed by atoms with van der Waals surface area (Å²) in [6.45, 7) is 37.5. The summed E-state index contributed by atoms with van der Waals surface area (Å²) < 4.78 is 164. The summed E-state index contributed by atoms with van der Waals surface area (Å²) >= 11 is 3.01. The average molecular weight is 1760 g/mol. The van der Waals surface area contributed by atoms with Crippen LogP contribution in [0.3, 0.4) is 0 Å². The molecule has 10 aromatic rings. The van der Waals surface area contributed by atoms with Crippen molar-refractivity contribution in [2.45, 2.75) is 146 Å². The zero-order valence-electron chi connectivity index (χ0n) is 66.9. The van der Waals surface area contributed by atoms with E-state index in [-0.39, 0.29) is 126 Å². The number of anilines is 2. The van der Waals surface area contributed by atoms with Gasteiger partial charge in [0.15, 0.2) is 45.8 Å². The molecule has 0 unspecified atom stereocenters. The maximum absolute atomic E-state index is 13.0. The molecular formula is C76H87BBrF9LiN17O16. The third-order valence-corrected chi connectivity index (χ3v) is 15.8. The molecule has 121 heavy (non-hydrogen) atoms. The van der Waals surface area contributed by atoms with Crippen LogP contribution in [0.5, 0.6) is 0 Å². The first-order valence-corrected chi connectivity index (χ1v) is 35.4. The summed E-state index contributed by atoms with van der Waals surface area (Å²) in [4.78, 5) is 71.4. The van der Waals surface area contributed by atoms with Crippen molar-refractivity contribution in [1.82, 2.24) is 60.3 Å². The first-order valence-electron chi connectivity index (χ1n) is 34.6. The van der Waals surface area contributed by atoms with Crippen molar-refractivity contribution in [2.75, 3.05) is 23.8 Å². The number of nitrogens with zero attached hydrogens (tertiary/aromatic N) is 13. The van der Waals surface area contributed by atoms with Crippen LogP contribution in [-0.4, -0.2) is 138 Å². The van der Waals surface area contributed by atoms with E-state index < -0.39 is 64.9 Å². The Kier molecular flexibility index (Phi) is 41.0. The largest absolute Gasteiger partial charge is 1.00 e. The van der Waals surface area contributed by atoms with E-state index in [0.29, 0.717) is 63.4 Å². The third-order valence-electron chi connectivity index (χ3n) is 15.4. The molecule has 1 aliphatic rings. The summed E-state index contributed by atoms with van der Waals surface area (Å²) in [5.41, 5.74) is 11.7. The average Bonchev–Trinajstić information content (AvgIpc) is 1.64. The van der Waals surface area contributed by atoms with Crippen molar-refractivity contribution in [3.8, 4) is 0 Å². The molecule has 0 spiro atoms. The first-order chi connectivity index (χ1) is 55.2. The van der Waals surface area contributed by atoms with Crippen LogP contribution in [0.15, 0.2) is 186 Å². The van der Waals surface area contributed by atoms with Crippen LogP contribution in [-0.2, 0) is 56.9 Å². The van der Waals surface area contributed by atoms with Crippen LogP contribution in [0, 0.1) is 0 Å². The van der Waals surface area contributed by atoms with Gasteiger partial charge in [0.05, 0.1) is 90.2 Å². The van der Waals surface area contributed by atoms with Gasteiger partial charge in [-0.2, -0.15) is 49.7 Å². The van der Waals surface area contributed by atoms with Crippen LogP contribution >= 0.6 is 15.9 Å². The number of hydrogen-bond donors (Lipinski definition) is 5. The number of carboxylic acid groups (broad SMARTS) is 1. The second-order valence-electron chi connectivity index (χ2n) is 26.0. The molecule has 1 fully saturated rings. The molecular weight excluding hydrogens is 1680 g/mol. The minimum Gasteiger partial charge on any atom is -0.870 e. The van der Waals surface area contributed by atoms with Crippen molar-refractivity contribution in [1.29, 1.82) is 0 Å². The van der Waals surface area contributed by atoms with Gasteiger partial charge in [-0.3, -0.25) is 38.9 Å². The van der Waals surface area contributed by atoms with E-state index in [1.165, 1.54) is 70.7 Å². The number of nitrogens with one attached hydrogen (secondary N) is 2. The number of nitrogens with two attached hydrogens (primary N) is 2. The minimum absolute atomic E-state index is 0. The predicted molar refractivity (Wildman–Crippen MR) is 422 cm³/mol. The number of esters is 2. The van der Waals surface area contributed by atoms with E-state index in [1.807, 2.05) is 48.5 Å². The number of carboxylic acids is 1. The van der Waals surface area contributed by atoms with E-state index in [4.69, 9.17) is 44.2 Å². The molecule has 0 atom stereocenters. The first kappa shape index (κ1) is 105. The fraction of sp³-hybridized carbons (Fsp3) is 0.316.